The maximum atomic E-state index is 11.2. The molecule has 0 amide bonds. The molecule has 66 valence electrons. The summed E-state index contributed by atoms with van der Waals surface area (Å²) in [5.41, 5.74) is 1.26. The number of rotatable bonds is 0. The van der Waals surface area contributed by atoms with Crippen molar-refractivity contribution < 1.29 is 4.42 Å². The quantitative estimate of drug-likeness (QED) is 0.561. The van der Waals surface area contributed by atoms with Gasteiger partial charge in [0.25, 0.3) is 0 Å². The Kier molecular flexibility index (Phi) is 1.17. The lowest BCUT2D eigenvalue weighted by Gasteiger charge is -1.97. The van der Waals surface area contributed by atoms with Gasteiger partial charge in [0.2, 0.25) is 0 Å². The predicted octanol–water partition coefficient (Wildman–Crippen LogP) is 0.159. The number of hydrogen-bond acceptors (Lipinski definition) is 2. The van der Waals surface area contributed by atoms with E-state index in [2.05, 4.69) is 12.2 Å². The van der Waals surface area contributed by atoms with E-state index in [9.17, 15) is 4.79 Å². The smallest absolute Gasteiger partial charge is 0.339 e. The Balaban J connectivity index is 2.44. The van der Waals surface area contributed by atoms with Crippen LogP contribution in [0, 0.1) is 18.8 Å². The fourth-order valence-corrected chi connectivity index (χ4v) is 1.91. The van der Waals surface area contributed by atoms with Crippen LogP contribution in [0.1, 0.15) is 12.0 Å². The van der Waals surface area contributed by atoms with Gasteiger partial charge in [0.15, 0.2) is 0 Å². The van der Waals surface area contributed by atoms with Crippen LogP contribution in [-0.4, -0.2) is 0 Å². The minimum Gasteiger partial charge on any atom is -0.423 e. The Labute approximate surface area is 75.2 Å². The summed E-state index contributed by atoms with van der Waals surface area (Å²) in [6, 6.07) is 1.92. The van der Waals surface area contributed by atoms with E-state index in [1.807, 2.05) is 6.07 Å². The van der Waals surface area contributed by atoms with Crippen molar-refractivity contribution in [2.75, 3.05) is 0 Å². The Morgan fingerprint density at radius 3 is 3.00 bits per heavy atom. The van der Waals surface area contributed by atoms with Gasteiger partial charge in [0.05, 0.1) is 0 Å². The minimum absolute atomic E-state index is 0.206. The van der Waals surface area contributed by atoms with Crippen LogP contribution < -0.4 is 16.3 Å². The normalized spacial score (nSPS) is 28.1. The lowest BCUT2D eigenvalue weighted by molar-refractivity contribution is 0.465. The van der Waals surface area contributed by atoms with Crippen LogP contribution in [0.4, 0.5) is 0 Å². The van der Waals surface area contributed by atoms with Crippen LogP contribution in [-0.2, 0) is 0 Å². The van der Waals surface area contributed by atoms with Crippen molar-refractivity contribution in [3.63, 3.8) is 0 Å². The summed E-state index contributed by atoms with van der Waals surface area (Å²) < 4.78 is 5.19. The summed E-state index contributed by atoms with van der Waals surface area (Å²) in [6.07, 6.45) is 5.52. The van der Waals surface area contributed by atoms with Crippen molar-refractivity contribution in [2.24, 2.45) is 11.8 Å². The first-order valence-electron chi connectivity index (χ1n) is 4.58. The second-order valence-corrected chi connectivity index (χ2v) is 3.93. The second kappa shape index (κ2) is 2.13. The fraction of sp³-hybridized carbons (Fsp3) is 0.364. The highest BCUT2D eigenvalue weighted by molar-refractivity contribution is 5.47. The lowest BCUT2D eigenvalue weighted by Crippen LogP contribution is -2.32. The van der Waals surface area contributed by atoms with Crippen LogP contribution in [0.2, 0.25) is 0 Å². The van der Waals surface area contributed by atoms with E-state index in [0.717, 1.165) is 10.6 Å². The van der Waals surface area contributed by atoms with Gasteiger partial charge in [-0.3, -0.25) is 0 Å². The van der Waals surface area contributed by atoms with Gasteiger partial charge in [-0.2, -0.15) is 0 Å². The summed E-state index contributed by atoms with van der Waals surface area (Å²) in [7, 11) is 0. The highest BCUT2D eigenvalue weighted by Crippen LogP contribution is 2.41. The SMILES string of the molecule is Cc1cc2c(oc1=O)=CC1CC1C=2. The third kappa shape index (κ3) is 0.981. The van der Waals surface area contributed by atoms with Gasteiger partial charge in [-0.15, -0.1) is 0 Å². The maximum absolute atomic E-state index is 11.2. The van der Waals surface area contributed by atoms with Crippen molar-refractivity contribution in [1.29, 1.82) is 0 Å². The molecule has 2 aliphatic rings. The number of aryl methyl sites for hydroxylation is 1. The molecule has 1 fully saturated rings. The first-order valence-corrected chi connectivity index (χ1v) is 4.58. The molecule has 1 heterocycles. The van der Waals surface area contributed by atoms with Crippen LogP contribution in [0.5, 0.6) is 0 Å². The zero-order valence-corrected chi connectivity index (χ0v) is 7.41. The molecule has 1 saturated carbocycles. The Bertz CT molecular complexity index is 536. The van der Waals surface area contributed by atoms with Gasteiger partial charge >= 0.3 is 5.63 Å². The van der Waals surface area contributed by atoms with Gasteiger partial charge < -0.3 is 4.42 Å². The summed E-state index contributed by atoms with van der Waals surface area (Å²) in [5, 5.41) is 1.09. The second-order valence-electron chi connectivity index (χ2n) is 3.93. The molecule has 3 rings (SSSR count). The molecule has 0 radical (unpaired) electrons. The van der Waals surface area contributed by atoms with Crippen molar-refractivity contribution in [3.05, 3.63) is 32.7 Å². The van der Waals surface area contributed by atoms with Gasteiger partial charge in [0.1, 0.15) is 5.42 Å². The molecule has 13 heavy (non-hydrogen) atoms. The van der Waals surface area contributed by atoms with Gasteiger partial charge in [-0.1, -0.05) is 6.08 Å². The zero-order valence-electron chi connectivity index (χ0n) is 7.41. The summed E-state index contributed by atoms with van der Waals surface area (Å²) in [4.78, 5) is 11.2. The van der Waals surface area contributed by atoms with E-state index < -0.39 is 0 Å². The molecule has 0 aromatic carbocycles. The standard InChI is InChI=1S/C11H10O2/c1-6-2-9-4-7-3-8(7)5-10(9)13-11(6)12/h2,4-5,7-8H,3H2,1H3. The third-order valence-electron chi connectivity index (χ3n) is 2.83. The van der Waals surface area contributed by atoms with E-state index in [0.29, 0.717) is 17.4 Å². The molecule has 2 unspecified atom stereocenters. The first-order chi connectivity index (χ1) is 6.24. The van der Waals surface area contributed by atoms with Gasteiger partial charge in [0, 0.05) is 10.8 Å². The van der Waals surface area contributed by atoms with Crippen molar-refractivity contribution >= 4 is 12.2 Å². The maximum Gasteiger partial charge on any atom is 0.339 e. The van der Waals surface area contributed by atoms with Gasteiger partial charge in [-0.25, -0.2) is 4.79 Å². The highest BCUT2D eigenvalue weighted by Gasteiger charge is 2.35. The van der Waals surface area contributed by atoms with Crippen LogP contribution >= 0.6 is 0 Å². The molecule has 2 aliphatic carbocycles. The average Bonchev–Trinajstić information content (AvgIpc) is 2.80. The van der Waals surface area contributed by atoms with Crippen LogP contribution in [0.25, 0.3) is 12.2 Å². The molecule has 0 spiro atoms. The topological polar surface area (TPSA) is 30.2 Å². The zero-order chi connectivity index (χ0) is 9.00. The molecule has 0 N–H and O–H groups in total. The minimum atomic E-state index is -0.206. The molecular formula is C11H10O2. The summed E-state index contributed by atoms with van der Waals surface area (Å²) in [5.74, 6) is 1.35. The van der Waals surface area contributed by atoms with E-state index in [1.54, 1.807) is 6.92 Å². The number of fused-ring (bicyclic) bond motifs is 2. The largest absolute Gasteiger partial charge is 0.423 e. The van der Waals surface area contributed by atoms with Crippen LogP contribution in [0.15, 0.2) is 15.3 Å². The van der Waals surface area contributed by atoms with E-state index in [4.69, 9.17) is 4.42 Å². The Morgan fingerprint density at radius 2 is 2.15 bits per heavy atom. The Morgan fingerprint density at radius 1 is 1.38 bits per heavy atom. The number of hydrogen-bond donors (Lipinski definition) is 0. The molecule has 0 aliphatic heterocycles. The van der Waals surface area contributed by atoms with E-state index in [1.165, 1.54) is 6.42 Å². The monoisotopic (exact) mass is 174 g/mol. The third-order valence-corrected chi connectivity index (χ3v) is 2.83. The molecule has 0 saturated heterocycles. The van der Waals surface area contributed by atoms with E-state index in [-0.39, 0.29) is 5.63 Å². The fourth-order valence-electron chi connectivity index (χ4n) is 1.91. The van der Waals surface area contributed by atoms with Crippen molar-refractivity contribution in [1.82, 2.24) is 0 Å². The molecule has 0 bridgehead atoms. The Hall–Kier alpha value is -1.31. The predicted molar refractivity (Wildman–Crippen MR) is 49.5 cm³/mol. The molecule has 2 atom stereocenters. The lowest BCUT2D eigenvalue weighted by atomic mass is 10.1. The molecule has 2 heteroatoms. The highest BCUT2D eigenvalue weighted by atomic mass is 16.4. The van der Waals surface area contributed by atoms with E-state index >= 15 is 0 Å². The first kappa shape index (κ1) is 7.13. The van der Waals surface area contributed by atoms with Crippen molar-refractivity contribution in [2.45, 2.75) is 13.3 Å². The van der Waals surface area contributed by atoms with Crippen molar-refractivity contribution in [3.8, 4) is 0 Å². The average molecular weight is 174 g/mol. The summed E-state index contributed by atoms with van der Waals surface area (Å²) in [6.45, 7) is 1.79. The molecular weight excluding hydrogens is 164 g/mol. The molecule has 2 nitrogen and oxygen atoms in total. The van der Waals surface area contributed by atoms with Gasteiger partial charge in [-0.05, 0) is 37.3 Å². The summed E-state index contributed by atoms with van der Waals surface area (Å²) >= 11 is 0. The molecule has 1 aromatic rings. The van der Waals surface area contributed by atoms with Crippen LogP contribution in [0.3, 0.4) is 0 Å². The molecule has 1 aromatic heterocycles.